The molecular weight excluding hydrogens is 294 g/mol. The van der Waals surface area contributed by atoms with Gasteiger partial charge in [-0.1, -0.05) is 24.8 Å². The third kappa shape index (κ3) is 4.57. The summed E-state index contributed by atoms with van der Waals surface area (Å²) < 4.78 is 30.3. The Bertz CT molecular complexity index is 594. The van der Waals surface area contributed by atoms with Gasteiger partial charge in [0.15, 0.2) is 5.25 Å². The van der Waals surface area contributed by atoms with Crippen molar-refractivity contribution in [3.63, 3.8) is 0 Å². The summed E-state index contributed by atoms with van der Waals surface area (Å²) in [5.74, 6) is -0.710. The third-order valence-electron chi connectivity index (χ3n) is 2.93. The minimum Gasteiger partial charge on any atom is -0.490 e. The van der Waals surface area contributed by atoms with Crippen molar-refractivity contribution in [2.24, 2.45) is 0 Å². The molecule has 0 saturated heterocycles. The highest BCUT2D eigenvalue weighted by Crippen LogP contribution is 2.16. The molecule has 1 rings (SSSR count). The summed E-state index contributed by atoms with van der Waals surface area (Å²) in [6.07, 6.45) is 1.63. The Hall–Kier alpha value is -1.86. The number of nitrogens with zero attached hydrogens (tertiary/aromatic N) is 1. The molecule has 0 fully saturated rings. The molecule has 1 N–H and O–H groups in total. The Balaban J connectivity index is 2.76. The quantitative estimate of drug-likeness (QED) is 0.735. The zero-order valence-corrected chi connectivity index (χ0v) is 12.8. The van der Waals surface area contributed by atoms with Crippen LogP contribution in [0.15, 0.2) is 36.9 Å². The topological polar surface area (TPSA) is 83.9 Å². The molecule has 1 aromatic rings. The van der Waals surface area contributed by atoms with Gasteiger partial charge in [-0.25, -0.2) is 8.42 Å². The number of aliphatic carboxylic acids is 1. The van der Waals surface area contributed by atoms with E-state index in [0.29, 0.717) is 12.4 Å². The third-order valence-corrected chi connectivity index (χ3v) is 5.02. The molecule has 116 valence electrons. The minimum absolute atomic E-state index is 0.0989. The first-order chi connectivity index (χ1) is 9.78. The number of sulfonamides is 1. The Morgan fingerprint density at radius 2 is 2.00 bits per heavy atom. The minimum atomic E-state index is -3.87. The van der Waals surface area contributed by atoms with Gasteiger partial charge in [-0.3, -0.25) is 4.79 Å². The van der Waals surface area contributed by atoms with Crippen molar-refractivity contribution >= 4 is 16.0 Å². The Labute approximate surface area is 124 Å². The van der Waals surface area contributed by atoms with Gasteiger partial charge in [0, 0.05) is 13.6 Å². The van der Waals surface area contributed by atoms with E-state index in [1.807, 2.05) is 0 Å². The summed E-state index contributed by atoms with van der Waals surface area (Å²) >= 11 is 0. The van der Waals surface area contributed by atoms with E-state index in [9.17, 15) is 13.2 Å². The van der Waals surface area contributed by atoms with Crippen LogP contribution in [-0.4, -0.2) is 42.7 Å². The van der Waals surface area contributed by atoms with Gasteiger partial charge in [-0.2, -0.15) is 4.31 Å². The van der Waals surface area contributed by atoms with Crippen molar-refractivity contribution in [3.8, 4) is 5.75 Å². The van der Waals surface area contributed by atoms with Gasteiger partial charge in [0.2, 0.25) is 10.0 Å². The van der Waals surface area contributed by atoms with Crippen molar-refractivity contribution in [2.75, 3.05) is 13.7 Å². The lowest BCUT2D eigenvalue weighted by Gasteiger charge is -2.19. The summed E-state index contributed by atoms with van der Waals surface area (Å²) in [6.45, 7) is 5.19. The molecule has 0 heterocycles. The Morgan fingerprint density at radius 1 is 1.43 bits per heavy atom. The molecule has 21 heavy (non-hydrogen) atoms. The van der Waals surface area contributed by atoms with E-state index in [-0.39, 0.29) is 6.54 Å². The van der Waals surface area contributed by atoms with Gasteiger partial charge >= 0.3 is 5.97 Å². The van der Waals surface area contributed by atoms with Crippen molar-refractivity contribution < 1.29 is 23.1 Å². The van der Waals surface area contributed by atoms with E-state index in [1.54, 1.807) is 30.3 Å². The van der Waals surface area contributed by atoms with Crippen LogP contribution in [0, 0.1) is 0 Å². The van der Waals surface area contributed by atoms with E-state index < -0.39 is 21.2 Å². The molecule has 0 bridgehead atoms. The van der Waals surface area contributed by atoms with Crippen LogP contribution < -0.4 is 4.74 Å². The fourth-order valence-corrected chi connectivity index (χ4v) is 2.71. The lowest BCUT2D eigenvalue weighted by Crippen LogP contribution is -2.38. The van der Waals surface area contributed by atoms with Crippen LogP contribution in [0.1, 0.15) is 12.5 Å². The van der Waals surface area contributed by atoms with Crippen LogP contribution >= 0.6 is 0 Å². The lowest BCUT2D eigenvalue weighted by atomic mass is 10.2. The van der Waals surface area contributed by atoms with E-state index in [0.717, 1.165) is 16.8 Å². The molecule has 0 aliphatic carbocycles. The maximum absolute atomic E-state index is 12.0. The molecule has 1 aromatic carbocycles. The van der Waals surface area contributed by atoms with Crippen LogP contribution in [0.2, 0.25) is 0 Å². The molecule has 6 nitrogen and oxygen atoms in total. The summed E-state index contributed by atoms with van der Waals surface area (Å²) in [5, 5.41) is 7.35. The number of benzene rings is 1. The predicted molar refractivity (Wildman–Crippen MR) is 79.6 cm³/mol. The molecule has 1 atom stereocenters. The molecule has 7 heteroatoms. The maximum atomic E-state index is 12.0. The number of carboxylic acid groups (broad SMARTS) is 1. The second kappa shape index (κ2) is 7.24. The normalized spacial score (nSPS) is 12.9. The molecule has 0 aliphatic heterocycles. The highest BCUT2D eigenvalue weighted by atomic mass is 32.2. The van der Waals surface area contributed by atoms with Gasteiger partial charge in [0.05, 0.1) is 0 Å². The average Bonchev–Trinajstić information content (AvgIpc) is 2.45. The van der Waals surface area contributed by atoms with E-state index in [4.69, 9.17) is 9.84 Å². The second-order valence-corrected chi connectivity index (χ2v) is 6.89. The van der Waals surface area contributed by atoms with Crippen LogP contribution in [0.3, 0.4) is 0 Å². The standard InChI is InChI=1S/C14H19NO5S/c1-4-9-20-13-7-5-12(6-8-13)10-15(3)21(18,19)11(2)14(16)17/h4-8,11H,1,9-10H2,2-3H3,(H,16,17). The van der Waals surface area contributed by atoms with Gasteiger partial charge < -0.3 is 9.84 Å². The molecule has 0 saturated carbocycles. The fourth-order valence-electron chi connectivity index (χ4n) is 1.59. The zero-order chi connectivity index (χ0) is 16.0. The molecule has 0 radical (unpaired) electrons. The van der Waals surface area contributed by atoms with Crippen LogP contribution in [0.25, 0.3) is 0 Å². The van der Waals surface area contributed by atoms with Crippen molar-refractivity contribution in [1.29, 1.82) is 0 Å². The van der Waals surface area contributed by atoms with E-state index >= 15 is 0 Å². The van der Waals surface area contributed by atoms with Gasteiger partial charge in [0.1, 0.15) is 12.4 Å². The first-order valence-electron chi connectivity index (χ1n) is 6.29. The van der Waals surface area contributed by atoms with Crippen LogP contribution in [0.5, 0.6) is 5.75 Å². The Kier molecular flexibility index (Phi) is 5.92. The number of hydrogen-bond donors (Lipinski definition) is 1. The number of carbonyl (C=O) groups is 1. The molecule has 1 unspecified atom stereocenters. The first-order valence-corrected chi connectivity index (χ1v) is 7.80. The van der Waals surface area contributed by atoms with Crippen molar-refractivity contribution in [3.05, 3.63) is 42.5 Å². The zero-order valence-electron chi connectivity index (χ0n) is 12.0. The number of hydrogen-bond acceptors (Lipinski definition) is 4. The smallest absolute Gasteiger partial charge is 0.323 e. The molecular formula is C14H19NO5S. The summed E-state index contributed by atoms with van der Waals surface area (Å²) in [4.78, 5) is 10.8. The van der Waals surface area contributed by atoms with Crippen molar-refractivity contribution in [2.45, 2.75) is 18.7 Å². The SMILES string of the molecule is C=CCOc1ccc(CN(C)S(=O)(=O)C(C)C(=O)O)cc1. The van der Waals surface area contributed by atoms with Gasteiger partial charge in [0.25, 0.3) is 0 Å². The molecule has 0 spiro atoms. The van der Waals surface area contributed by atoms with Crippen molar-refractivity contribution in [1.82, 2.24) is 4.31 Å². The molecule has 0 amide bonds. The largest absolute Gasteiger partial charge is 0.490 e. The highest BCUT2D eigenvalue weighted by Gasteiger charge is 2.31. The number of rotatable bonds is 8. The first kappa shape index (κ1) is 17.2. The van der Waals surface area contributed by atoms with Crippen LogP contribution in [0.4, 0.5) is 0 Å². The fraction of sp³-hybridized carbons (Fsp3) is 0.357. The maximum Gasteiger partial charge on any atom is 0.323 e. The van der Waals surface area contributed by atoms with E-state index in [1.165, 1.54) is 7.05 Å². The highest BCUT2D eigenvalue weighted by molar-refractivity contribution is 7.90. The van der Waals surface area contributed by atoms with Gasteiger partial charge in [-0.15, -0.1) is 0 Å². The second-order valence-electron chi connectivity index (χ2n) is 4.53. The summed E-state index contributed by atoms with van der Waals surface area (Å²) in [7, 11) is -2.51. The lowest BCUT2D eigenvalue weighted by molar-refractivity contribution is -0.136. The van der Waals surface area contributed by atoms with Crippen LogP contribution in [-0.2, 0) is 21.4 Å². The average molecular weight is 313 g/mol. The summed E-state index contributed by atoms with van der Waals surface area (Å²) in [6, 6.07) is 6.91. The molecule has 0 aromatic heterocycles. The van der Waals surface area contributed by atoms with Gasteiger partial charge in [-0.05, 0) is 24.6 Å². The molecule has 0 aliphatic rings. The van der Waals surface area contributed by atoms with E-state index in [2.05, 4.69) is 6.58 Å². The monoisotopic (exact) mass is 313 g/mol. The summed E-state index contributed by atoms with van der Waals surface area (Å²) in [5.41, 5.74) is 0.740. The Morgan fingerprint density at radius 3 is 2.48 bits per heavy atom. The number of ether oxygens (including phenoxy) is 1. The number of carboxylic acids is 1. The predicted octanol–water partition coefficient (Wildman–Crippen LogP) is 1.49.